The molecule has 1 N–H and O–H groups in total. The second-order valence-corrected chi connectivity index (χ2v) is 7.69. The molecule has 0 radical (unpaired) electrons. The zero-order chi connectivity index (χ0) is 20.1. The number of amidine groups is 1. The van der Waals surface area contributed by atoms with E-state index in [1.165, 1.54) is 17.3 Å². The summed E-state index contributed by atoms with van der Waals surface area (Å²) in [5, 5.41) is 3.46. The fourth-order valence-electron chi connectivity index (χ4n) is 2.80. The molecule has 5 heteroatoms. The van der Waals surface area contributed by atoms with E-state index in [1.54, 1.807) is 0 Å². The summed E-state index contributed by atoms with van der Waals surface area (Å²) in [6, 6.07) is 25.5. The molecule has 29 heavy (non-hydrogen) atoms. The molecule has 1 fully saturated rings. The van der Waals surface area contributed by atoms with Gasteiger partial charge in [-0.25, -0.2) is 0 Å². The van der Waals surface area contributed by atoms with E-state index < -0.39 is 0 Å². The third-order valence-electron chi connectivity index (χ3n) is 4.31. The highest BCUT2D eigenvalue weighted by Crippen LogP contribution is 2.28. The van der Waals surface area contributed by atoms with Crippen LogP contribution < -0.4 is 10.1 Å². The second-order valence-electron chi connectivity index (χ2n) is 6.66. The van der Waals surface area contributed by atoms with Crippen LogP contribution in [0.3, 0.4) is 0 Å². The zero-order valence-electron chi connectivity index (χ0n) is 16.0. The Hall–Kier alpha value is -3.31. The normalized spacial score (nSPS) is 16.2. The Kier molecular flexibility index (Phi) is 5.77. The maximum atomic E-state index is 12.3. The summed E-state index contributed by atoms with van der Waals surface area (Å²) in [6.45, 7) is 2.59. The molecule has 1 aliphatic rings. The highest BCUT2D eigenvalue weighted by atomic mass is 32.2. The van der Waals surface area contributed by atoms with Crippen molar-refractivity contribution >= 4 is 28.9 Å². The van der Waals surface area contributed by atoms with Crippen LogP contribution in [0, 0.1) is 6.92 Å². The summed E-state index contributed by atoms with van der Waals surface area (Å²) < 4.78 is 5.87. The first kappa shape index (κ1) is 19.0. The predicted molar refractivity (Wildman–Crippen MR) is 119 cm³/mol. The van der Waals surface area contributed by atoms with Gasteiger partial charge in [-0.3, -0.25) is 9.79 Å². The van der Waals surface area contributed by atoms with Crippen LogP contribution >= 0.6 is 11.8 Å². The number of carbonyl (C=O) groups excluding carboxylic acids is 1. The van der Waals surface area contributed by atoms with Crippen molar-refractivity contribution in [2.24, 2.45) is 4.99 Å². The van der Waals surface area contributed by atoms with Crippen LogP contribution in [0.25, 0.3) is 6.08 Å². The van der Waals surface area contributed by atoms with Gasteiger partial charge in [0.05, 0.1) is 11.4 Å². The Bertz CT molecular complexity index is 1070. The van der Waals surface area contributed by atoms with Gasteiger partial charge < -0.3 is 10.1 Å². The molecule has 1 amide bonds. The molecule has 0 saturated carbocycles. The SMILES string of the molecule is Cc1ccc(CN=C2NC(=O)C(=Cc3cccc(Oc4ccccc4)c3)S2)cc1. The molecule has 0 bridgehead atoms. The first-order chi connectivity index (χ1) is 14.2. The first-order valence-corrected chi connectivity index (χ1v) is 10.1. The van der Waals surface area contributed by atoms with Crippen LogP contribution in [0.1, 0.15) is 16.7 Å². The van der Waals surface area contributed by atoms with Crippen molar-refractivity contribution in [2.45, 2.75) is 13.5 Å². The van der Waals surface area contributed by atoms with Crippen molar-refractivity contribution in [3.8, 4) is 11.5 Å². The van der Waals surface area contributed by atoms with E-state index in [-0.39, 0.29) is 5.91 Å². The topological polar surface area (TPSA) is 50.7 Å². The molecule has 144 valence electrons. The molecule has 1 heterocycles. The van der Waals surface area contributed by atoms with Crippen molar-refractivity contribution in [3.63, 3.8) is 0 Å². The third kappa shape index (κ3) is 5.15. The number of aryl methyl sites for hydroxylation is 1. The van der Waals surface area contributed by atoms with E-state index in [0.717, 1.165) is 22.6 Å². The number of aliphatic imine (C=N–C) groups is 1. The Morgan fingerprint density at radius 1 is 0.966 bits per heavy atom. The van der Waals surface area contributed by atoms with Gasteiger partial charge in [0.15, 0.2) is 5.17 Å². The highest BCUT2D eigenvalue weighted by molar-refractivity contribution is 8.18. The molecular formula is C24H20N2O2S. The molecule has 1 saturated heterocycles. The van der Waals surface area contributed by atoms with Gasteiger partial charge in [0, 0.05) is 0 Å². The maximum absolute atomic E-state index is 12.3. The Morgan fingerprint density at radius 2 is 1.72 bits per heavy atom. The van der Waals surface area contributed by atoms with Crippen LogP contribution in [0.2, 0.25) is 0 Å². The van der Waals surface area contributed by atoms with Crippen molar-refractivity contribution in [1.82, 2.24) is 5.32 Å². The predicted octanol–water partition coefficient (Wildman–Crippen LogP) is 5.55. The van der Waals surface area contributed by atoms with E-state index in [1.807, 2.05) is 60.7 Å². The van der Waals surface area contributed by atoms with E-state index >= 15 is 0 Å². The lowest BCUT2D eigenvalue weighted by atomic mass is 10.1. The summed E-state index contributed by atoms with van der Waals surface area (Å²) in [5.74, 6) is 1.37. The number of amides is 1. The number of hydrogen-bond acceptors (Lipinski definition) is 4. The van der Waals surface area contributed by atoms with Crippen LogP contribution in [-0.4, -0.2) is 11.1 Å². The van der Waals surface area contributed by atoms with Crippen molar-refractivity contribution in [2.75, 3.05) is 0 Å². The number of para-hydroxylation sites is 1. The summed E-state index contributed by atoms with van der Waals surface area (Å²) in [6.07, 6.45) is 1.85. The largest absolute Gasteiger partial charge is 0.457 e. The summed E-state index contributed by atoms with van der Waals surface area (Å²) in [4.78, 5) is 17.4. The number of carbonyl (C=O) groups is 1. The fourth-order valence-corrected chi connectivity index (χ4v) is 3.62. The third-order valence-corrected chi connectivity index (χ3v) is 5.26. The first-order valence-electron chi connectivity index (χ1n) is 9.29. The molecule has 0 unspecified atom stereocenters. The number of nitrogens with zero attached hydrogens (tertiary/aromatic N) is 1. The van der Waals surface area contributed by atoms with Gasteiger partial charge in [-0.05, 0) is 60.2 Å². The van der Waals surface area contributed by atoms with Gasteiger partial charge in [-0.1, -0.05) is 60.2 Å². The smallest absolute Gasteiger partial charge is 0.264 e. The van der Waals surface area contributed by atoms with Gasteiger partial charge >= 0.3 is 0 Å². The van der Waals surface area contributed by atoms with E-state index in [9.17, 15) is 4.79 Å². The maximum Gasteiger partial charge on any atom is 0.264 e. The number of benzene rings is 3. The number of rotatable bonds is 5. The number of thioether (sulfide) groups is 1. The molecule has 3 aromatic rings. The average molecular weight is 401 g/mol. The zero-order valence-corrected chi connectivity index (χ0v) is 16.8. The van der Waals surface area contributed by atoms with Crippen molar-refractivity contribution in [3.05, 3.63) is 100 Å². The number of hydrogen-bond donors (Lipinski definition) is 1. The van der Waals surface area contributed by atoms with Crippen LogP contribution in [-0.2, 0) is 11.3 Å². The van der Waals surface area contributed by atoms with Gasteiger partial charge in [0.25, 0.3) is 5.91 Å². The molecule has 0 spiro atoms. The Morgan fingerprint density at radius 3 is 2.52 bits per heavy atom. The van der Waals surface area contributed by atoms with Crippen LogP contribution in [0.4, 0.5) is 0 Å². The van der Waals surface area contributed by atoms with Crippen LogP contribution in [0.15, 0.2) is 88.8 Å². The molecule has 4 nitrogen and oxygen atoms in total. The molecule has 0 aromatic heterocycles. The van der Waals surface area contributed by atoms with Crippen LogP contribution in [0.5, 0.6) is 11.5 Å². The van der Waals surface area contributed by atoms with E-state index in [0.29, 0.717) is 16.6 Å². The minimum atomic E-state index is -0.132. The van der Waals surface area contributed by atoms with Gasteiger partial charge in [-0.15, -0.1) is 0 Å². The number of nitrogens with one attached hydrogen (secondary N) is 1. The van der Waals surface area contributed by atoms with Crippen molar-refractivity contribution in [1.29, 1.82) is 0 Å². The molecule has 0 atom stereocenters. The van der Waals surface area contributed by atoms with Gasteiger partial charge in [-0.2, -0.15) is 0 Å². The Labute approximate surface area is 174 Å². The minimum Gasteiger partial charge on any atom is -0.457 e. The van der Waals surface area contributed by atoms with E-state index in [4.69, 9.17) is 4.74 Å². The lowest BCUT2D eigenvalue weighted by Gasteiger charge is -2.06. The lowest BCUT2D eigenvalue weighted by molar-refractivity contribution is -0.115. The second kappa shape index (κ2) is 8.80. The lowest BCUT2D eigenvalue weighted by Crippen LogP contribution is -2.19. The molecule has 3 aromatic carbocycles. The summed E-state index contributed by atoms with van der Waals surface area (Å²) in [7, 11) is 0. The molecular weight excluding hydrogens is 380 g/mol. The summed E-state index contributed by atoms with van der Waals surface area (Å²) >= 11 is 1.36. The quantitative estimate of drug-likeness (QED) is 0.572. The Balaban J connectivity index is 1.45. The minimum absolute atomic E-state index is 0.132. The summed E-state index contributed by atoms with van der Waals surface area (Å²) in [5.41, 5.74) is 3.23. The molecule has 1 aliphatic heterocycles. The standard InChI is InChI=1S/C24H20N2O2S/c1-17-10-12-18(13-11-17)16-25-24-26-23(27)22(29-24)15-19-6-5-9-21(14-19)28-20-7-3-2-4-8-20/h2-15H,16H2,1H3,(H,25,26,27). The molecule has 0 aliphatic carbocycles. The van der Waals surface area contributed by atoms with Gasteiger partial charge in [0.1, 0.15) is 11.5 Å². The number of ether oxygens (including phenoxy) is 1. The van der Waals surface area contributed by atoms with Crippen molar-refractivity contribution < 1.29 is 9.53 Å². The fraction of sp³-hybridized carbons (Fsp3) is 0.0833. The molecule has 4 rings (SSSR count). The highest BCUT2D eigenvalue weighted by Gasteiger charge is 2.23. The average Bonchev–Trinajstić information content (AvgIpc) is 3.08. The van der Waals surface area contributed by atoms with Gasteiger partial charge in [0.2, 0.25) is 0 Å². The monoisotopic (exact) mass is 400 g/mol. The van der Waals surface area contributed by atoms with E-state index in [2.05, 4.69) is 41.5 Å².